The molecule has 3 aromatic rings. The number of aliphatic hydroxyl groups excluding tert-OH is 1. The monoisotopic (exact) mass is 614 g/mol. The predicted molar refractivity (Wildman–Crippen MR) is 165 cm³/mol. The predicted octanol–water partition coefficient (Wildman–Crippen LogP) is 4.17. The first-order chi connectivity index (χ1) is 19.9. The highest BCUT2D eigenvalue weighted by Gasteiger charge is 2.37. The summed E-state index contributed by atoms with van der Waals surface area (Å²) in [6.45, 7) is 2.85. The summed E-state index contributed by atoms with van der Waals surface area (Å²) in [4.78, 5) is 44.7. The fourth-order valence-electron chi connectivity index (χ4n) is 4.49. The first kappa shape index (κ1) is 33.5. The summed E-state index contributed by atoms with van der Waals surface area (Å²) >= 11 is 1.75. The van der Waals surface area contributed by atoms with Gasteiger partial charge in [-0.2, -0.15) is 0 Å². The molecule has 0 aromatic heterocycles. The highest BCUT2D eigenvalue weighted by molar-refractivity contribution is 8.00. The fraction of sp³-hybridized carbons (Fsp3) is 0.355. The number of hydrogen-bond donors (Lipinski definition) is 4. The van der Waals surface area contributed by atoms with Crippen molar-refractivity contribution in [1.82, 2.24) is 10.2 Å². The molecule has 1 unspecified atom stereocenters. The molecular formula is C31H39N2O7PS. The number of nitrogens with one attached hydrogen (secondary N) is 1. The maximum Gasteiger partial charge on any atom is 0.469 e. The van der Waals surface area contributed by atoms with Gasteiger partial charge in [0.1, 0.15) is 6.10 Å². The lowest BCUT2D eigenvalue weighted by atomic mass is 9.84. The van der Waals surface area contributed by atoms with Crippen LogP contribution in [0.2, 0.25) is 0 Å². The van der Waals surface area contributed by atoms with Gasteiger partial charge in [-0.25, -0.2) is 4.57 Å². The van der Waals surface area contributed by atoms with Crippen LogP contribution in [0.5, 0.6) is 0 Å². The van der Waals surface area contributed by atoms with Crippen LogP contribution in [0.15, 0.2) is 91.0 Å². The number of carbonyl (C=O) groups is 2. The molecule has 2 amide bonds. The van der Waals surface area contributed by atoms with Gasteiger partial charge in [-0.05, 0) is 16.7 Å². The van der Waals surface area contributed by atoms with Crippen LogP contribution in [-0.2, 0) is 23.4 Å². The molecule has 4 N–H and O–H groups in total. The Hall–Kier alpha value is -2.98. The van der Waals surface area contributed by atoms with Gasteiger partial charge in [0.05, 0.1) is 11.4 Å². The van der Waals surface area contributed by atoms with Crippen LogP contribution in [0.4, 0.5) is 0 Å². The van der Waals surface area contributed by atoms with Crippen molar-refractivity contribution in [2.75, 3.05) is 32.5 Å². The van der Waals surface area contributed by atoms with E-state index in [0.717, 1.165) is 16.7 Å². The molecule has 0 aliphatic rings. The number of phosphoric ester groups is 1. The van der Waals surface area contributed by atoms with E-state index >= 15 is 0 Å². The molecular weight excluding hydrogens is 575 g/mol. The molecule has 0 radical (unpaired) electrons. The van der Waals surface area contributed by atoms with Crippen LogP contribution in [0.25, 0.3) is 0 Å². The molecule has 11 heteroatoms. The highest BCUT2D eigenvalue weighted by Crippen LogP contribution is 2.48. The number of rotatable bonds is 15. The zero-order valence-electron chi connectivity index (χ0n) is 24.1. The third-order valence-corrected chi connectivity index (χ3v) is 8.94. The summed E-state index contributed by atoms with van der Waals surface area (Å²) in [6, 6.07) is 30.9. The lowest BCUT2D eigenvalue weighted by molar-refractivity contribution is -0.137. The molecule has 0 heterocycles. The molecule has 0 aliphatic carbocycles. The number of phosphoric acid groups is 1. The highest BCUT2D eigenvalue weighted by atomic mass is 32.2. The fourth-order valence-corrected chi connectivity index (χ4v) is 6.57. The van der Waals surface area contributed by atoms with Crippen molar-refractivity contribution < 1.29 is 33.6 Å². The second-order valence-corrected chi connectivity index (χ2v) is 13.2. The van der Waals surface area contributed by atoms with E-state index in [9.17, 15) is 19.3 Å². The molecule has 0 spiro atoms. The molecule has 9 nitrogen and oxygen atoms in total. The summed E-state index contributed by atoms with van der Waals surface area (Å²) < 4.78 is 14.9. The van der Waals surface area contributed by atoms with E-state index in [1.165, 1.54) is 13.8 Å². The Kier molecular flexibility index (Phi) is 11.9. The molecule has 1 atom stereocenters. The van der Waals surface area contributed by atoms with Crippen LogP contribution in [0, 0.1) is 5.41 Å². The van der Waals surface area contributed by atoms with Gasteiger partial charge in [0, 0.05) is 37.7 Å². The van der Waals surface area contributed by atoms with Gasteiger partial charge in [-0.3, -0.25) is 14.1 Å². The Morgan fingerprint density at radius 3 is 1.79 bits per heavy atom. The smallest absolute Gasteiger partial charge is 0.383 e. The average Bonchev–Trinajstić information content (AvgIpc) is 2.99. The van der Waals surface area contributed by atoms with Gasteiger partial charge >= 0.3 is 7.82 Å². The zero-order chi connectivity index (χ0) is 30.8. The van der Waals surface area contributed by atoms with Gasteiger partial charge in [0.15, 0.2) is 0 Å². The summed E-state index contributed by atoms with van der Waals surface area (Å²) in [6.07, 6.45) is -1.56. The lowest BCUT2D eigenvalue weighted by Crippen LogP contribution is -2.46. The Balaban J connectivity index is 1.62. The number of carbonyl (C=O) groups excluding carboxylic acids is 2. The van der Waals surface area contributed by atoms with Crippen molar-refractivity contribution in [1.29, 1.82) is 0 Å². The molecule has 226 valence electrons. The van der Waals surface area contributed by atoms with Crippen LogP contribution in [0.3, 0.4) is 0 Å². The first-order valence-corrected chi connectivity index (χ1v) is 16.1. The van der Waals surface area contributed by atoms with E-state index in [1.54, 1.807) is 23.7 Å². The van der Waals surface area contributed by atoms with E-state index in [0.29, 0.717) is 12.3 Å². The maximum absolute atomic E-state index is 12.9. The summed E-state index contributed by atoms with van der Waals surface area (Å²) in [5.41, 5.74) is 2.15. The van der Waals surface area contributed by atoms with Crippen LogP contribution < -0.4 is 5.32 Å². The molecule has 3 aromatic carbocycles. The topological polar surface area (TPSA) is 136 Å². The van der Waals surface area contributed by atoms with E-state index in [4.69, 9.17) is 9.79 Å². The lowest BCUT2D eigenvalue weighted by Gasteiger charge is -2.36. The van der Waals surface area contributed by atoms with Crippen molar-refractivity contribution in [3.8, 4) is 0 Å². The third-order valence-electron chi connectivity index (χ3n) is 6.94. The van der Waals surface area contributed by atoms with Crippen LogP contribution in [0.1, 0.15) is 37.0 Å². The summed E-state index contributed by atoms with van der Waals surface area (Å²) in [7, 11) is -3.03. The molecule has 0 saturated heterocycles. The average molecular weight is 615 g/mol. The number of aliphatic hydroxyl groups is 1. The van der Waals surface area contributed by atoms with E-state index < -0.39 is 36.6 Å². The Bertz CT molecular complexity index is 1240. The number of nitrogens with zero attached hydrogens (tertiary/aromatic N) is 1. The van der Waals surface area contributed by atoms with Crippen molar-refractivity contribution >= 4 is 31.4 Å². The molecule has 3 rings (SSSR count). The van der Waals surface area contributed by atoms with Gasteiger partial charge < -0.3 is 25.1 Å². The largest absolute Gasteiger partial charge is 0.469 e. The number of amides is 2. The molecule has 0 fully saturated rings. The minimum absolute atomic E-state index is 0.00359. The number of benzene rings is 3. The van der Waals surface area contributed by atoms with Gasteiger partial charge in [-0.1, -0.05) is 105 Å². The van der Waals surface area contributed by atoms with Crippen molar-refractivity contribution in [3.63, 3.8) is 0 Å². The van der Waals surface area contributed by atoms with Crippen molar-refractivity contribution in [2.45, 2.75) is 31.1 Å². The van der Waals surface area contributed by atoms with E-state index in [2.05, 4.69) is 46.2 Å². The SMILES string of the molecule is CN(CCSC(c1ccccc1)(c1ccccc1)c1ccccc1)C(=O)CCNC(=O)C(O)C(C)(C)COP(=O)(O)O. The first-order valence-electron chi connectivity index (χ1n) is 13.6. The normalized spacial score (nSPS) is 12.9. The molecule has 0 aliphatic heterocycles. The van der Waals surface area contributed by atoms with Gasteiger partial charge in [0.25, 0.3) is 0 Å². The minimum atomic E-state index is -4.75. The van der Waals surface area contributed by atoms with E-state index in [1.807, 2.05) is 54.6 Å². The van der Waals surface area contributed by atoms with Crippen LogP contribution >= 0.6 is 19.6 Å². The maximum atomic E-state index is 12.9. The van der Waals surface area contributed by atoms with Crippen molar-refractivity contribution in [2.24, 2.45) is 5.41 Å². The van der Waals surface area contributed by atoms with Crippen LogP contribution in [-0.4, -0.2) is 70.2 Å². The minimum Gasteiger partial charge on any atom is -0.383 e. The van der Waals surface area contributed by atoms with Crippen molar-refractivity contribution in [3.05, 3.63) is 108 Å². The molecule has 0 bridgehead atoms. The second-order valence-electron chi connectivity index (χ2n) is 10.6. The molecule has 42 heavy (non-hydrogen) atoms. The van der Waals surface area contributed by atoms with Gasteiger partial charge in [-0.15, -0.1) is 11.8 Å². The Morgan fingerprint density at radius 2 is 1.36 bits per heavy atom. The summed E-state index contributed by atoms with van der Waals surface area (Å²) in [5, 5.41) is 12.9. The standard InChI is InChI=1S/C31H39N2O7PS/c1-30(2,23-40-41(37,38)39)28(35)29(36)32-20-19-27(34)33(3)21-22-42-31(24-13-7-4-8-14-24,25-15-9-5-10-16-25)26-17-11-6-12-18-26/h4-18,28,35H,19-23H2,1-3H3,(H,32,36)(H2,37,38,39). The molecule has 0 saturated carbocycles. The third kappa shape index (κ3) is 9.01. The quantitative estimate of drug-likeness (QED) is 0.148. The Labute approximate surface area is 251 Å². The Morgan fingerprint density at radius 1 is 0.905 bits per heavy atom. The van der Waals surface area contributed by atoms with Gasteiger partial charge in [0.2, 0.25) is 11.8 Å². The zero-order valence-corrected chi connectivity index (χ0v) is 25.8. The number of thioether (sulfide) groups is 1. The second kappa shape index (κ2) is 15.0. The number of hydrogen-bond acceptors (Lipinski definition) is 6. The summed E-state index contributed by atoms with van der Waals surface area (Å²) in [5.74, 6) is -0.280. The van der Waals surface area contributed by atoms with E-state index in [-0.39, 0.29) is 18.9 Å².